The Morgan fingerprint density at radius 2 is 1.56 bits per heavy atom. The molecule has 4 aliphatic rings. The number of carbonyl (C=O) groups excluding carboxylic acids is 4. The number of amides is 4. The highest BCUT2D eigenvalue weighted by Gasteiger charge is 2.41. The van der Waals surface area contributed by atoms with Crippen molar-refractivity contribution in [3.63, 3.8) is 0 Å². The second-order valence-electron chi connectivity index (χ2n) is 15.5. The largest absolute Gasteiger partial charge is 0.453 e. The van der Waals surface area contributed by atoms with Crippen LogP contribution in [-0.2, 0) is 19.1 Å². The van der Waals surface area contributed by atoms with E-state index in [0.717, 1.165) is 79.8 Å². The standard InChI is InChI=1S/C39H47N9O5S2/c1-18(2)28(40-20(5)49)37(50)47-15-7-9-25(47)34-41-22-12-11-21-17-27(54-32(21)30(22)44-34)36-43-24-14-13-23-31(33(24)55-36)45-35(42-23)26-10-8-16-48(26)38(51)29(19(3)4)46-39(52)53-6/h11-14,17-19,24-26,28-29,33H,7-10,15-16H2,1-6H3,(H,40,49)(H,41,44)(H,42,45)(H,46,52)/t24?,25-,26-,28-,29-,33?/m0/s1. The maximum absolute atomic E-state index is 13.7. The van der Waals surface area contributed by atoms with Gasteiger partial charge in [-0.2, -0.15) is 0 Å². The van der Waals surface area contributed by atoms with E-state index in [1.807, 2.05) is 49.6 Å². The second kappa shape index (κ2) is 14.8. The zero-order valence-electron chi connectivity index (χ0n) is 31.8. The van der Waals surface area contributed by atoms with Crippen LogP contribution >= 0.6 is 23.1 Å². The van der Waals surface area contributed by atoms with Crippen molar-refractivity contribution in [1.29, 1.82) is 0 Å². The van der Waals surface area contributed by atoms with Crippen LogP contribution in [0.2, 0.25) is 0 Å². The number of aliphatic imine (C=N–C) groups is 1. The summed E-state index contributed by atoms with van der Waals surface area (Å²) in [7, 11) is 1.30. The summed E-state index contributed by atoms with van der Waals surface area (Å²) in [5.41, 5.74) is 3.68. The van der Waals surface area contributed by atoms with E-state index in [9.17, 15) is 19.2 Å². The Morgan fingerprint density at radius 3 is 2.20 bits per heavy atom. The molecule has 14 nitrogen and oxygen atoms in total. The Labute approximate surface area is 327 Å². The molecule has 0 saturated carbocycles. The van der Waals surface area contributed by atoms with Crippen molar-refractivity contribution in [2.75, 3.05) is 20.2 Å². The monoisotopic (exact) mass is 785 g/mol. The van der Waals surface area contributed by atoms with Crippen LogP contribution in [0.4, 0.5) is 4.79 Å². The number of aromatic amines is 2. The van der Waals surface area contributed by atoms with Crippen molar-refractivity contribution in [3.8, 4) is 0 Å². The van der Waals surface area contributed by atoms with Crippen molar-refractivity contribution in [2.24, 2.45) is 16.8 Å². The minimum Gasteiger partial charge on any atom is -0.453 e. The van der Waals surface area contributed by atoms with Crippen molar-refractivity contribution >= 4 is 79.2 Å². The Kier molecular flexibility index (Phi) is 9.99. The van der Waals surface area contributed by atoms with Crippen molar-refractivity contribution in [2.45, 2.75) is 95.8 Å². The molecular weight excluding hydrogens is 739 g/mol. The molecule has 0 bridgehead atoms. The number of hydrogen-bond acceptors (Lipinski definition) is 10. The van der Waals surface area contributed by atoms with E-state index in [4.69, 9.17) is 19.7 Å². The van der Waals surface area contributed by atoms with E-state index in [1.54, 1.807) is 23.1 Å². The van der Waals surface area contributed by atoms with Gasteiger partial charge in [-0.1, -0.05) is 51.6 Å². The molecule has 4 N–H and O–H groups in total. The first-order valence-electron chi connectivity index (χ1n) is 19.1. The predicted octanol–water partition coefficient (Wildman–Crippen LogP) is 6.00. The van der Waals surface area contributed by atoms with E-state index < -0.39 is 18.2 Å². The minimum absolute atomic E-state index is 0.0215. The van der Waals surface area contributed by atoms with Crippen LogP contribution in [0.25, 0.3) is 27.2 Å². The number of likely N-dealkylation sites (tertiary alicyclic amines) is 2. The molecular formula is C39H47N9O5S2. The molecule has 6 atom stereocenters. The minimum atomic E-state index is -0.695. The van der Waals surface area contributed by atoms with Gasteiger partial charge in [0, 0.05) is 20.0 Å². The van der Waals surface area contributed by atoms with Crippen LogP contribution in [0.5, 0.6) is 0 Å². The van der Waals surface area contributed by atoms with Crippen LogP contribution < -0.4 is 10.6 Å². The smallest absolute Gasteiger partial charge is 0.407 e. The van der Waals surface area contributed by atoms with E-state index in [-0.39, 0.29) is 52.9 Å². The summed E-state index contributed by atoms with van der Waals surface area (Å²) in [6.07, 6.45) is 6.82. The molecule has 4 amide bonds. The SMILES string of the molecule is COC(=O)N[C@H](C(=O)N1CCC[C@H]1c1nc2c([nH]1)C1SC(c3cc4ccc5nc([C@@H]6CCCN6C(=O)[C@@H](NC(C)=O)C(C)C)[nH]c5c4s3)=NC1C=C2)C(C)C. The maximum atomic E-state index is 13.7. The van der Waals surface area contributed by atoms with E-state index in [1.165, 1.54) is 14.0 Å². The lowest BCUT2D eigenvalue weighted by Crippen LogP contribution is -2.51. The Hall–Kier alpha value is -4.70. The highest BCUT2D eigenvalue weighted by atomic mass is 32.2. The van der Waals surface area contributed by atoms with Gasteiger partial charge in [-0.3, -0.25) is 19.4 Å². The molecule has 55 heavy (non-hydrogen) atoms. The number of thioether (sulfide) groups is 1. The van der Waals surface area contributed by atoms with Crippen LogP contribution in [0.1, 0.15) is 106 Å². The van der Waals surface area contributed by atoms with Crippen LogP contribution in [0.15, 0.2) is 29.3 Å². The quantitative estimate of drug-likeness (QED) is 0.160. The topological polar surface area (TPSA) is 178 Å². The maximum Gasteiger partial charge on any atom is 0.407 e. The summed E-state index contributed by atoms with van der Waals surface area (Å²) in [4.78, 5) is 78.5. The van der Waals surface area contributed by atoms with E-state index in [0.29, 0.717) is 13.1 Å². The number of carbonyl (C=O) groups is 4. The number of aromatic nitrogens is 4. The molecule has 0 spiro atoms. The number of benzene rings is 1. The lowest BCUT2D eigenvalue weighted by atomic mass is 10.0. The molecule has 8 rings (SSSR count). The summed E-state index contributed by atoms with van der Waals surface area (Å²) in [6.45, 7) is 10.4. The van der Waals surface area contributed by atoms with Gasteiger partial charge in [-0.05, 0) is 61.1 Å². The van der Waals surface area contributed by atoms with Gasteiger partial charge < -0.3 is 35.1 Å². The number of fused-ring (bicyclic) bond motifs is 6. The second-order valence-corrected chi connectivity index (χ2v) is 17.7. The first-order valence-corrected chi connectivity index (χ1v) is 20.8. The number of alkyl carbamates (subject to hydrolysis) is 1. The van der Waals surface area contributed by atoms with Crippen LogP contribution in [0.3, 0.4) is 0 Å². The van der Waals surface area contributed by atoms with Gasteiger partial charge in [0.1, 0.15) is 28.8 Å². The average molecular weight is 786 g/mol. The summed E-state index contributed by atoms with van der Waals surface area (Å²) in [5, 5.41) is 7.66. The van der Waals surface area contributed by atoms with Crippen molar-refractivity contribution in [3.05, 3.63) is 52.2 Å². The normalized spacial score (nSPS) is 23.0. The zero-order chi connectivity index (χ0) is 38.7. The van der Waals surface area contributed by atoms with Gasteiger partial charge in [-0.25, -0.2) is 14.8 Å². The molecule has 1 aromatic carbocycles. The number of methoxy groups -OCH3 is 1. The molecule has 6 heterocycles. The fourth-order valence-corrected chi connectivity index (χ4v) is 10.8. The number of nitrogens with zero attached hydrogens (tertiary/aromatic N) is 5. The molecule has 2 fully saturated rings. The molecule has 290 valence electrons. The molecule has 3 aromatic heterocycles. The fraction of sp³-hybridized carbons (Fsp3) is 0.513. The Morgan fingerprint density at radius 1 is 0.909 bits per heavy atom. The third kappa shape index (κ3) is 6.81. The number of hydrogen-bond donors (Lipinski definition) is 4. The Balaban J connectivity index is 1.01. The summed E-state index contributed by atoms with van der Waals surface area (Å²) >= 11 is 3.41. The van der Waals surface area contributed by atoms with E-state index >= 15 is 0 Å². The van der Waals surface area contributed by atoms with E-state index in [2.05, 4.69) is 38.8 Å². The average Bonchev–Trinajstić information content (AvgIpc) is 3.99. The third-order valence-corrected chi connectivity index (χ3v) is 13.7. The number of rotatable bonds is 9. The van der Waals surface area contributed by atoms with Crippen LogP contribution in [-0.4, -0.2) is 96.9 Å². The molecule has 0 radical (unpaired) electrons. The van der Waals surface area contributed by atoms with Crippen LogP contribution in [0, 0.1) is 11.8 Å². The third-order valence-electron chi connectivity index (χ3n) is 11.1. The lowest BCUT2D eigenvalue weighted by Gasteiger charge is -2.30. The zero-order valence-corrected chi connectivity index (χ0v) is 33.5. The predicted molar refractivity (Wildman–Crippen MR) is 214 cm³/mol. The first kappa shape index (κ1) is 37.2. The van der Waals surface area contributed by atoms with Crippen molar-refractivity contribution < 1.29 is 23.9 Å². The molecule has 2 unspecified atom stereocenters. The highest BCUT2D eigenvalue weighted by Crippen LogP contribution is 2.48. The summed E-state index contributed by atoms with van der Waals surface area (Å²) < 4.78 is 5.88. The first-order chi connectivity index (χ1) is 26.4. The number of ether oxygens (including phenoxy) is 1. The van der Waals surface area contributed by atoms with Gasteiger partial charge in [0.2, 0.25) is 17.7 Å². The van der Waals surface area contributed by atoms with Gasteiger partial charge in [-0.15, -0.1) is 11.3 Å². The van der Waals surface area contributed by atoms with Gasteiger partial charge in [0.25, 0.3) is 0 Å². The number of H-pyrrole nitrogens is 2. The number of imidazole rings is 2. The van der Waals surface area contributed by atoms with Gasteiger partial charge >= 0.3 is 6.09 Å². The highest BCUT2D eigenvalue weighted by molar-refractivity contribution is 8.15. The number of thiophene rings is 1. The molecule has 1 aliphatic carbocycles. The summed E-state index contributed by atoms with van der Waals surface area (Å²) in [5.74, 6) is 0.955. The molecule has 16 heteroatoms. The molecule has 2 saturated heterocycles. The van der Waals surface area contributed by atoms with Gasteiger partial charge in [0.15, 0.2) is 0 Å². The van der Waals surface area contributed by atoms with Crippen molar-refractivity contribution in [1.82, 2.24) is 40.4 Å². The fourth-order valence-electron chi connectivity index (χ4n) is 8.30. The lowest BCUT2D eigenvalue weighted by molar-refractivity contribution is -0.138. The molecule has 4 aromatic rings. The van der Waals surface area contributed by atoms with Gasteiger partial charge in [0.05, 0.1) is 62.5 Å². The molecule has 3 aliphatic heterocycles. The Bertz CT molecular complexity index is 2240. The summed E-state index contributed by atoms with van der Waals surface area (Å²) in [6, 6.07) is 4.57. The number of nitrogens with one attached hydrogen (secondary N) is 4.